The normalized spacial score (nSPS) is 29.5. The first kappa shape index (κ1) is 12.8. The molecule has 1 aliphatic carbocycles. The van der Waals surface area contributed by atoms with Gasteiger partial charge in [0, 0.05) is 13.6 Å². The van der Waals surface area contributed by atoms with Gasteiger partial charge in [-0.2, -0.15) is 0 Å². The number of carboxylic acid groups (broad SMARTS) is 1. The molecule has 0 atom stereocenters. The predicted molar refractivity (Wildman–Crippen MR) is 60.2 cm³/mol. The molecule has 1 saturated carbocycles. The largest absolute Gasteiger partial charge is 0.481 e. The molecule has 1 fully saturated rings. The molecule has 1 aliphatic rings. The maximum Gasteiger partial charge on any atom is 0.314 e. The number of hydrogen-bond donors (Lipinski definition) is 3. The number of carbonyl (C=O) groups is 2. The summed E-state index contributed by atoms with van der Waals surface area (Å²) in [5.74, 6) is -0.205. The topological polar surface area (TPSA) is 78.4 Å². The monoisotopic (exact) mass is 228 g/mol. The van der Waals surface area contributed by atoms with Crippen LogP contribution in [0.1, 0.15) is 32.6 Å². The molecule has 3 N–H and O–H groups in total. The van der Waals surface area contributed by atoms with Crippen LogP contribution in [-0.4, -0.2) is 30.7 Å². The van der Waals surface area contributed by atoms with Gasteiger partial charge in [0.15, 0.2) is 0 Å². The number of rotatable bonds is 3. The number of carbonyl (C=O) groups excluding carboxylic acids is 1. The molecule has 0 saturated heterocycles. The maximum atomic E-state index is 11.3. The van der Waals surface area contributed by atoms with Crippen molar-refractivity contribution in [3.63, 3.8) is 0 Å². The average Bonchev–Trinajstić information content (AvgIpc) is 2.28. The lowest BCUT2D eigenvalue weighted by Crippen LogP contribution is -2.47. The highest BCUT2D eigenvalue weighted by molar-refractivity contribution is 5.78. The Hall–Kier alpha value is -1.26. The average molecular weight is 228 g/mol. The number of urea groups is 1. The van der Waals surface area contributed by atoms with E-state index in [1.807, 2.05) is 0 Å². The van der Waals surface area contributed by atoms with E-state index < -0.39 is 11.4 Å². The minimum absolute atomic E-state index is 0.217. The molecular formula is C11H20N2O3. The molecule has 0 aliphatic heterocycles. The first-order valence-corrected chi connectivity index (χ1v) is 5.69. The van der Waals surface area contributed by atoms with Crippen molar-refractivity contribution in [2.45, 2.75) is 32.6 Å². The van der Waals surface area contributed by atoms with Gasteiger partial charge in [-0.25, -0.2) is 4.79 Å². The van der Waals surface area contributed by atoms with Crippen LogP contribution in [0.15, 0.2) is 0 Å². The summed E-state index contributed by atoms with van der Waals surface area (Å²) < 4.78 is 0. The lowest BCUT2D eigenvalue weighted by Gasteiger charge is -2.35. The number of amides is 2. The molecule has 0 aromatic carbocycles. The Morgan fingerprint density at radius 2 is 1.94 bits per heavy atom. The third kappa shape index (κ3) is 2.87. The maximum absolute atomic E-state index is 11.3. The lowest BCUT2D eigenvalue weighted by molar-refractivity contribution is -0.151. The van der Waals surface area contributed by atoms with Crippen molar-refractivity contribution in [1.29, 1.82) is 0 Å². The van der Waals surface area contributed by atoms with E-state index in [0.29, 0.717) is 18.8 Å². The van der Waals surface area contributed by atoms with Gasteiger partial charge in [0.1, 0.15) is 0 Å². The predicted octanol–water partition coefficient (Wildman–Crippen LogP) is 1.20. The van der Waals surface area contributed by atoms with Gasteiger partial charge in [0.25, 0.3) is 0 Å². The molecule has 2 amide bonds. The van der Waals surface area contributed by atoms with Crippen LogP contribution >= 0.6 is 0 Å². The van der Waals surface area contributed by atoms with Crippen molar-refractivity contribution < 1.29 is 14.7 Å². The van der Waals surface area contributed by atoms with Crippen LogP contribution in [0.3, 0.4) is 0 Å². The van der Waals surface area contributed by atoms with E-state index in [2.05, 4.69) is 17.6 Å². The molecule has 0 heterocycles. The molecule has 0 bridgehead atoms. The van der Waals surface area contributed by atoms with Gasteiger partial charge in [0.2, 0.25) is 0 Å². The van der Waals surface area contributed by atoms with Crippen LogP contribution in [0.2, 0.25) is 0 Å². The smallest absolute Gasteiger partial charge is 0.314 e. The minimum Gasteiger partial charge on any atom is -0.481 e. The van der Waals surface area contributed by atoms with Crippen LogP contribution < -0.4 is 10.6 Å². The molecule has 0 unspecified atom stereocenters. The molecule has 0 spiro atoms. The van der Waals surface area contributed by atoms with E-state index in [9.17, 15) is 14.7 Å². The summed E-state index contributed by atoms with van der Waals surface area (Å²) in [6.07, 6.45) is 3.13. The van der Waals surface area contributed by atoms with Crippen molar-refractivity contribution >= 4 is 12.0 Å². The first-order valence-electron chi connectivity index (χ1n) is 5.69. The summed E-state index contributed by atoms with van der Waals surface area (Å²) in [5.41, 5.74) is -0.765. The fourth-order valence-electron chi connectivity index (χ4n) is 2.12. The van der Waals surface area contributed by atoms with E-state index >= 15 is 0 Å². The number of aliphatic carboxylic acids is 1. The molecular weight excluding hydrogens is 208 g/mol. The van der Waals surface area contributed by atoms with E-state index in [0.717, 1.165) is 12.8 Å². The van der Waals surface area contributed by atoms with E-state index in [1.54, 1.807) is 0 Å². The quantitative estimate of drug-likeness (QED) is 0.679. The minimum atomic E-state index is -0.796. The van der Waals surface area contributed by atoms with Crippen LogP contribution in [-0.2, 0) is 4.79 Å². The van der Waals surface area contributed by atoms with Crippen molar-refractivity contribution in [2.75, 3.05) is 13.6 Å². The summed E-state index contributed by atoms with van der Waals surface area (Å²) in [7, 11) is 1.52. The second-order valence-electron chi connectivity index (χ2n) is 4.70. The molecule has 5 heteroatoms. The summed E-state index contributed by atoms with van der Waals surface area (Å²) in [5, 5.41) is 14.3. The van der Waals surface area contributed by atoms with Crippen molar-refractivity contribution in [1.82, 2.24) is 10.6 Å². The molecule has 0 aromatic rings. The second-order valence-corrected chi connectivity index (χ2v) is 4.70. The highest BCUT2D eigenvalue weighted by atomic mass is 16.4. The van der Waals surface area contributed by atoms with Gasteiger partial charge in [-0.15, -0.1) is 0 Å². The Balaban J connectivity index is 2.60. The highest BCUT2D eigenvalue weighted by Crippen LogP contribution is 2.38. The van der Waals surface area contributed by atoms with Crippen molar-refractivity contribution in [3.8, 4) is 0 Å². The molecule has 1 rings (SSSR count). The molecule has 16 heavy (non-hydrogen) atoms. The zero-order valence-corrected chi connectivity index (χ0v) is 9.88. The molecule has 92 valence electrons. The molecule has 5 nitrogen and oxygen atoms in total. The summed E-state index contributed by atoms with van der Waals surface area (Å²) in [6.45, 7) is 2.35. The fraction of sp³-hybridized carbons (Fsp3) is 0.818. The standard InChI is InChI=1S/C11H20N2O3/c1-8-3-5-11(6-4-8,9(14)15)7-13-10(16)12-2/h8H,3-7H2,1-2H3,(H,14,15)(H2,12,13,16). The first-order chi connectivity index (χ1) is 7.50. The Kier molecular flexibility index (Phi) is 4.15. The third-order valence-electron chi connectivity index (χ3n) is 3.50. The zero-order chi connectivity index (χ0) is 12.2. The van der Waals surface area contributed by atoms with Gasteiger partial charge in [-0.3, -0.25) is 4.79 Å². The number of carboxylic acids is 1. The van der Waals surface area contributed by atoms with Gasteiger partial charge < -0.3 is 15.7 Å². The fourth-order valence-corrected chi connectivity index (χ4v) is 2.12. The van der Waals surface area contributed by atoms with Crippen LogP contribution in [0, 0.1) is 11.3 Å². The van der Waals surface area contributed by atoms with Gasteiger partial charge in [-0.1, -0.05) is 6.92 Å². The van der Waals surface area contributed by atoms with Crippen molar-refractivity contribution in [2.24, 2.45) is 11.3 Å². The van der Waals surface area contributed by atoms with Gasteiger partial charge >= 0.3 is 12.0 Å². The SMILES string of the molecule is CNC(=O)NCC1(C(=O)O)CCC(C)CC1. The number of hydrogen-bond acceptors (Lipinski definition) is 2. The Bertz CT molecular complexity index is 270. The van der Waals surface area contributed by atoms with E-state index in [-0.39, 0.29) is 12.6 Å². The summed E-state index contributed by atoms with van der Waals surface area (Å²) >= 11 is 0. The molecule has 0 radical (unpaired) electrons. The lowest BCUT2D eigenvalue weighted by atomic mass is 9.71. The van der Waals surface area contributed by atoms with Crippen LogP contribution in [0.5, 0.6) is 0 Å². The van der Waals surface area contributed by atoms with Crippen LogP contribution in [0.4, 0.5) is 4.79 Å². The number of nitrogens with one attached hydrogen (secondary N) is 2. The van der Waals surface area contributed by atoms with Crippen molar-refractivity contribution in [3.05, 3.63) is 0 Å². The Morgan fingerprint density at radius 1 is 1.38 bits per heavy atom. The van der Waals surface area contributed by atoms with Crippen LogP contribution in [0.25, 0.3) is 0 Å². The summed E-state index contributed by atoms with van der Waals surface area (Å²) in [4.78, 5) is 22.4. The molecule has 0 aromatic heterocycles. The highest BCUT2D eigenvalue weighted by Gasteiger charge is 2.41. The van der Waals surface area contributed by atoms with Gasteiger partial charge in [0.05, 0.1) is 5.41 Å². The zero-order valence-electron chi connectivity index (χ0n) is 9.88. The Morgan fingerprint density at radius 3 is 2.38 bits per heavy atom. The Labute approximate surface area is 95.6 Å². The van der Waals surface area contributed by atoms with E-state index in [1.165, 1.54) is 7.05 Å². The second kappa shape index (κ2) is 5.18. The third-order valence-corrected chi connectivity index (χ3v) is 3.50. The van der Waals surface area contributed by atoms with Gasteiger partial charge in [-0.05, 0) is 31.6 Å². The summed E-state index contributed by atoms with van der Waals surface area (Å²) in [6, 6.07) is -0.320. The van der Waals surface area contributed by atoms with E-state index in [4.69, 9.17) is 0 Å².